The van der Waals surface area contributed by atoms with Gasteiger partial charge in [-0.15, -0.1) is 0 Å². The van der Waals surface area contributed by atoms with Gasteiger partial charge in [-0.25, -0.2) is 0 Å². The van der Waals surface area contributed by atoms with Crippen LogP contribution in [0.15, 0.2) is 36.4 Å². The Bertz CT molecular complexity index is 728. The van der Waals surface area contributed by atoms with Crippen LogP contribution in [0.3, 0.4) is 0 Å². The molecular formula is C17H18N2O3. The van der Waals surface area contributed by atoms with Crippen molar-refractivity contribution < 1.29 is 14.3 Å². The predicted octanol–water partition coefficient (Wildman–Crippen LogP) is 2.87. The van der Waals surface area contributed by atoms with Crippen molar-refractivity contribution in [2.24, 2.45) is 0 Å². The second-order valence-corrected chi connectivity index (χ2v) is 5.16. The van der Waals surface area contributed by atoms with Gasteiger partial charge in [0.25, 0.3) is 5.91 Å². The van der Waals surface area contributed by atoms with E-state index in [1.165, 1.54) is 0 Å². The summed E-state index contributed by atoms with van der Waals surface area (Å²) in [4.78, 5) is 12.3. The Morgan fingerprint density at radius 2 is 1.86 bits per heavy atom. The fourth-order valence-corrected chi connectivity index (χ4v) is 2.65. The largest absolute Gasteiger partial charge is 0.497 e. The molecule has 2 N–H and O–H groups in total. The van der Waals surface area contributed by atoms with Crippen molar-refractivity contribution in [3.8, 4) is 11.5 Å². The second kappa shape index (κ2) is 5.60. The van der Waals surface area contributed by atoms with Crippen LogP contribution in [0.1, 0.15) is 27.7 Å². The molecule has 2 aromatic carbocycles. The van der Waals surface area contributed by atoms with Crippen molar-refractivity contribution >= 4 is 11.6 Å². The summed E-state index contributed by atoms with van der Waals surface area (Å²) < 4.78 is 10.6. The molecule has 1 amide bonds. The number of rotatable bonds is 3. The van der Waals surface area contributed by atoms with Crippen molar-refractivity contribution in [1.82, 2.24) is 5.32 Å². The van der Waals surface area contributed by atoms with Gasteiger partial charge in [0.2, 0.25) is 0 Å². The Labute approximate surface area is 129 Å². The number of methoxy groups -OCH3 is 2. The molecule has 22 heavy (non-hydrogen) atoms. The number of hydrogen-bond donors (Lipinski definition) is 2. The van der Waals surface area contributed by atoms with E-state index < -0.39 is 0 Å². The van der Waals surface area contributed by atoms with Crippen LogP contribution in [0, 0.1) is 6.92 Å². The van der Waals surface area contributed by atoms with E-state index in [0.29, 0.717) is 17.1 Å². The van der Waals surface area contributed by atoms with Gasteiger partial charge in [-0.05, 0) is 30.7 Å². The molecule has 0 spiro atoms. The first-order chi connectivity index (χ1) is 10.6. The van der Waals surface area contributed by atoms with Gasteiger partial charge in [0, 0.05) is 11.6 Å². The van der Waals surface area contributed by atoms with Gasteiger partial charge in [0.1, 0.15) is 17.7 Å². The van der Waals surface area contributed by atoms with Crippen molar-refractivity contribution in [3.63, 3.8) is 0 Å². The topological polar surface area (TPSA) is 59.6 Å². The highest BCUT2D eigenvalue weighted by molar-refractivity contribution is 6.02. The molecule has 3 rings (SSSR count). The van der Waals surface area contributed by atoms with Crippen LogP contribution < -0.4 is 20.1 Å². The molecule has 0 saturated heterocycles. The molecule has 5 heteroatoms. The number of carbonyl (C=O) groups is 1. The zero-order valence-corrected chi connectivity index (χ0v) is 12.8. The number of benzene rings is 2. The third-order valence-electron chi connectivity index (χ3n) is 3.83. The lowest BCUT2D eigenvalue weighted by Gasteiger charge is -2.30. The van der Waals surface area contributed by atoms with Crippen LogP contribution in [-0.4, -0.2) is 20.1 Å². The molecule has 1 heterocycles. The summed E-state index contributed by atoms with van der Waals surface area (Å²) >= 11 is 0. The highest BCUT2D eigenvalue weighted by Crippen LogP contribution is 2.34. The third-order valence-corrected chi connectivity index (χ3v) is 3.83. The average molecular weight is 298 g/mol. The smallest absolute Gasteiger partial charge is 0.255 e. The van der Waals surface area contributed by atoms with E-state index in [4.69, 9.17) is 9.47 Å². The van der Waals surface area contributed by atoms with E-state index in [9.17, 15) is 4.79 Å². The maximum Gasteiger partial charge on any atom is 0.255 e. The molecule has 0 saturated carbocycles. The summed E-state index contributed by atoms with van der Waals surface area (Å²) in [5.74, 6) is 1.27. The lowest BCUT2D eigenvalue weighted by atomic mass is 10.0. The van der Waals surface area contributed by atoms with Gasteiger partial charge in [0.05, 0.1) is 25.5 Å². The first-order valence-corrected chi connectivity index (χ1v) is 7.03. The fraction of sp³-hybridized carbons (Fsp3) is 0.235. The zero-order valence-electron chi connectivity index (χ0n) is 12.8. The summed E-state index contributed by atoms with van der Waals surface area (Å²) in [6.45, 7) is 1.98. The lowest BCUT2D eigenvalue weighted by molar-refractivity contribution is 0.0935. The number of carbonyl (C=O) groups excluding carboxylic acids is 1. The fourth-order valence-electron chi connectivity index (χ4n) is 2.65. The molecule has 0 aromatic heterocycles. The minimum Gasteiger partial charge on any atom is -0.497 e. The Morgan fingerprint density at radius 1 is 1.05 bits per heavy atom. The standard InChI is InChI=1S/C17H18N2O3/c1-10-5-4-6-13-15(10)18-16(19-17(13)20)12-8-7-11(21-2)9-14(12)22-3/h4-9,16,18H,1-3H3,(H,19,20)/t16-/m0/s1. The Balaban J connectivity index is 2.01. The quantitative estimate of drug-likeness (QED) is 0.915. The number of amides is 1. The third kappa shape index (κ3) is 2.35. The van der Waals surface area contributed by atoms with Crippen LogP contribution in [0.5, 0.6) is 11.5 Å². The van der Waals surface area contributed by atoms with E-state index >= 15 is 0 Å². The Hall–Kier alpha value is -2.69. The molecule has 5 nitrogen and oxygen atoms in total. The summed E-state index contributed by atoms with van der Waals surface area (Å²) in [6.07, 6.45) is -0.345. The van der Waals surface area contributed by atoms with Gasteiger partial charge < -0.3 is 20.1 Å². The maximum absolute atomic E-state index is 12.3. The van der Waals surface area contributed by atoms with Crippen LogP contribution in [-0.2, 0) is 0 Å². The van der Waals surface area contributed by atoms with Crippen molar-refractivity contribution in [3.05, 3.63) is 53.1 Å². The molecule has 114 valence electrons. The minimum absolute atomic E-state index is 0.0969. The van der Waals surface area contributed by atoms with Crippen molar-refractivity contribution in [2.75, 3.05) is 19.5 Å². The van der Waals surface area contributed by atoms with Gasteiger partial charge in [-0.1, -0.05) is 12.1 Å². The first-order valence-electron chi connectivity index (χ1n) is 7.03. The molecule has 0 bridgehead atoms. The van der Waals surface area contributed by atoms with E-state index in [1.54, 1.807) is 20.3 Å². The van der Waals surface area contributed by atoms with E-state index in [-0.39, 0.29) is 12.1 Å². The van der Waals surface area contributed by atoms with Crippen molar-refractivity contribution in [1.29, 1.82) is 0 Å². The summed E-state index contributed by atoms with van der Waals surface area (Å²) in [5.41, 5.74) is 3.40. The number of hydrogen-bond acceptors (Lipinski definition) is 4. The molecule has 1 aliphatic heterocycles. The van der Waals surface area contributed by atoms with Crippen molar-refractivity contribution in [2.45, 2.75) is 13.1 Å². The number of aryl methyl sites for hydroxylation is 1. The first kappa shape index (κ1) is 14.3. The second-order valence-electron chi connectivity index (χ2n) is 5.16. The highest BCUT2D eigenvalue weighted by Gasteiger charge is 2.27. The highest BCUT2D eigenvalue weighted by atomic mass is 16.5. The molecule has 0 fully saturated rings. The number of ether oxygens (including phenoxy) is 2. The molecular weight excluding hydrogens is 280 g/mol. The lowest BCUT2D eigenvalue weighted by Crippen LogP contribution is -2.38. The monoisotopic (exact) mass is 298 g/mol. The number of anilines is 1. The summed E-state index contributed by atoms with van der Waals surface area (Å²) in [6, 6.07) is 11.2. The van der Waals surface area contributed by atoms with Gasteiger partial charge in [0.15, 0.2) is 0 Å². The van der Waals surface area contributed by atoms with Crippen LogP contribution in [0.25, 0.3) is 0 Å². The summed E-state index contributed by atoms with van der Waals surface area (Å²) in [7, 11) is 3.21. The Kier molecular flexibility index (Phi) is 3.63. The minimum atomic E-state index is -0.345. The number of nitrogens with one attached hydrogen (secondary N) is 2. The van der Waals surface area contributed by atoms with E-state index in [0.717, 1.165) is 16.8 Å². The van der Waals surface area contributed by atoms with E-state index in [1.807, 2.05) is 37.3 Å². The summed E-state index contributed by atoms with van der Waals surface area (Å²) in [5, 5.41) is 6.33. The van der Waals surface area contributed by atoms with Crippen LogP contribution in [0.4, 0.5) is 5.69 Å². The molecule has 1 atom stereocenters. The van der Waals surface area contributed by atoms with Gasteiger partial charge in [-0.3, -0.25) is 4.79 Å². The Morgan fingerprint density at radius 3 is 2.59 bits per heavy atom. The van der Waals surface area contributed by atoms with E-state index in [2.05, 4.69) is 10.6 Å². The SMILES string of the molecule is COc1ccc([C@@H]2NC(=O)c3cccc(C)c3N2)c(OC)c1. The molecule has 1 aliphatic rings. The zero-order chi connectivity index (χ0) is 15.7. The normalized spacial score (nSPS) is 16.3. The molecule has 2 aromatic rings. The molecule has 0 aliphatic carbocycles. The maximum atomic E-state index is 12.3. The molecule has 0 radical (unpaired) electrons. The average Bonchev–Trinajstić information content (AvgIpc) is 2.55. The van der Waals surface area contributed by atoms with Crippen LogP contribution >= 0.6 is 0 Å². The van der Waals surface area contributed by atoms with Gasteiger partial charge >= 0.3 is 0 Å². The van der Waals surface area contributed by atoms with Crippen LogP contribution in [0.2, 0.25) is 0 Å². The predicted molar refractivity (Wildman–Crippen MR) is 84.6 cm³/mol. The number of fused-ring (bicyclic) bond motifs is 1. The molecule has 0 unspecified atom stereocenters. The van der Waals surface area contributed by atoms with Gasteiger partial charge in [-0.2, -0.15) is 0 Å². The number of para-hydroxylation sites is 1.